The summed E-state index contributed by atoms with van der Waals surface area (Å²) in [5.41, 5.74) is 2.85. The number of carbonyl (C=O) groups is 2. The number of aryl methyl sites for hydroxylation is 2. The predicted molar refractivity (Wildman–Crippen MR) is 148 cm³/mol. The summed E-state index contributed by atoms with van der Waals surface area (Å²) in [6, 6.07) is 18.3. The van der Waals surface area contributed by atoms with Crippen LogP contribution in [0.1, 0.15) is 39.3 Å². The molecule has 0 spiro atoms. The van der Waals surface area contributed by atoms with Crippen molar-refractivity contribution < 1.29 is 19.1 Å². The Morgan fingerprint density at radius 2 is 1.95 bits per heavy atom. The third-order valence-electron chi connectivity index (χ3n) is 5.99. The van der Waals surface area contributed by atoms with Crippen molar-refractivity contribution in [2.24, 2.45) is 0 Å². The van der Waals surface area contributed by atoms with E-state index in [4.69, 9.17) is 4.42 Å². The molecule has 38 heavy (non-hydrogen) atoms. The number of oxazole rings is 1. The number of carbonyl (C=O) groups excluding carboxylic acids is 2. The Morgan fingerprint density at radius 3 is 2.68 bits per heavy atom. The number of anilines is 2. The smallest absolute Gasteiger partial charge is 0.268 e. The molecule has 3 heterocycles. The Morgan fingerprint density at radius 1 is 1.13 bits per heavy atom. The Kier molecular flexibility index (Phi) is 7.34. The van der Waals surface area contributed by atoms with Crippen LogP contribution in [-0.4, -0.2) is 44.0 Å². The Hall–Kier alpha value is -4.28. The summed E-state index contributed by atoms with van der Waals surface area (Å²) in [6.07, 6.45) is 1.62. The number of hydrogen-bond donors (Lipinski definition) is 3. The van der Waals surface area contributed by atoms with Crippen LogP contribution in [0.15, 0.2) is 71.3 Å². The van der Waals surface area contributed by atoms with Crippen molar-refractivity contribution in [3.8, 4) is 10.6 Å². The average Bonchev–Trinajstić information content (AvgIpc) is 3.64. The first kappa shape index (κ1) is 25.4. The third kappa shape index (κ3) is 5.66. The van der Waals surface area contributed by atoms with Gasteiger partial charge in [0.05, 0.1) is 39.6 Å². The van der Waals surface area contributed by atoms with Gasteiger partial charge >= 0.3 is 0 Å². The number of aromatic nitrogens is 3. The van der Waals surface area contributed by atoms with Crippen LogP contribution in [0.4, 0.5) is 11.6 Å². The van der Waals surface area contributed by atoms with Gasteiger partial charge in [-0.15, -0.1) is 11.3 Å². The number of aliphatic hydroxyl groups excluding tert-OH is 1. The lowest BCUT2D eigenvalue weighted by Gasteiger charge is -2.11. The molecule has 10 heteroatoms. The van der Waals surface area contributed by atoms with E-state index in [0.717, 1.165) is 16.1 Å². The molecule has 3 N–H and O–H groups in total. The van der Waals surface area contributed by atoms with Crippen molar-refractivity contribution in [1.82, 2.24) is 14.5 Å². The van der Waals surface area contributed by atoms with Crippen LogP contribution in [0.3, 0.4) is 0 Å². The van der Waals surface area contributed by atoms with Crippen molar-refractivity contribution in [2.45, 2.75) is 32.9 Å². The molecule has 1 unspecified atom stereocenters. The quantitative estimate of drug-likeness (QED) is 0.208. The molecule has 0 aliphatic rings. The molecule has 5 aromatic rings. The maximum absolute atomic E-state index is 13.1. The monoisotopic (exact) mass is 529 g/mol. The first-order chi connectivity index (χ1) is 18.4. The minimum absolute atomic E-state index is 0.0167. The molecular formula is C28H27N5O4S. The Balaban J connectivity index is 1.36. The minimum atomic E-state index is -0.508. The molecule has 1 atom stereocenters. The lowest BCUT2D eigenvalue weighted by atomic mass is 10.1. The number of aliphatic hydroxyl groups is 1. The number of fused-ring (bicyclic) bond motifs is 1. The van der Waals surface area contributed by atoms with Crippen molar-refractivity contribution >= 4 is 45.7 Å². The second kappa shape index (κ2) is 11.0. The van der Waals surface area contributed by atoms with E-state index >= 15 is 0 Å². The normalized spacial score (nSPS) is 12.0. The maximum atomic E-state index is 13.1. The van der Waals surface area contributed by atoms with E-state index in [2.05, 4.69) is 20.6 Å². The van der Waals surface area contributed by atoms with Gasteiger partial charge in [-0.1, -0.05) is 30.3 Å². The molecule has 194 valence electrons. The number of rotatable bonds is 10. The molecule has 9 nitrogen and oxygen atoms in total. The Bertz CT molecular complexity index is 1590. The summed E-state index contributed by atoms with van der Waals surface area (Å²) >= 11 is 1.30. The largest absolute Gasteiger partial charge is 0.440 e. The van der Waals surface area contributed by atoms with Crippen molar-refractivity contribution in [3.05, 3.63) is 83.2 Å². The topological polar surface area (TPSA) is 122 Å². The lowest BCUT2D eigenvalue weighted by Crippen LogP contribution is -2.16. The van der Waals surface area contributed by atoms with Gasteiger partial charge in [0.1, 0.15) is 0 Å². The number of nitrogens with zero attached hydrogens (tertiary/aromatic N) is 3. The van der Waals surface area contributed by atoms with E-state index in [0.29, 0.717) is 46.5 Å². The van der Waals surface area contributed by atoms with Crippen LogP contribution in [0.5, 0.6) is 0 Å². The maximum Gasteiger partial charge on any atom is 0.268 e. The summed E-state index contributed by atoms with van der Waals surface area (Å²) in [7, 11) is 0. The van der Waals surface area contributed by atoms with Gasteiger partial charge in [0, 0.05) is 24.7 Å². The highest BCUT2D eigenvalue weighted by atomic mass is 32.1. The van der Waals surface area contributed by atoms with Crippen molar-refractivity contribution in [3.63, 3.8) is 0 Å². The van der Waals surface area contributed by atoms with E-state index in [-0.39, 0.29) is 18.2 Å². The predicted octanol–water partition coefficient (Wildman–Crippen LogP) is 5.38. The van der Waals surface area contributed by atoms with Crippen LogP contribution in [0.2, 0.25) is 0 Å². The third-order valence-corrected chi connectivity index (χ3v) is 7.09. The number of ketones is 1. The number of amides is 1. The zero-order chi connectivity index (χ0) is 26.6. The summed E-state index contributed by atoms with van der Waals surface area (Å²) in [4.78, 5) is 35.7. The zero-order valence-electron chi connectivity index (χ0n) is 21.0. The van der Waals surface area contributed by atoms with Crippen LogP contribution >= 0.6 is 11.3 Å². The van der Waals surface area contributed by atoms with Gasteiger partial charge in [0.25, 0.3) is 5.91 Å². The van der Waals surface area contributed by atoms with E-state index in [1.165, 1.54) is 11.3 Å². The number of nitrogens with one attached hydrogen (secondary N) is 2. The van der Waals surface area contributed by atoms with E-state index < -0.39 is 6.10 Å². The molecule has 2 aromatic carbocycles. The molecule has 0 fully saturated rings. The van der Waals surface area contributed by atoms with Crippen LogP contribution in [-0.2, 0) is 6.54 Å². The molecule has 0 aliphatic carbocycles. The van der Waals surface area contributed by atoms with E-state index in [1.54, 1.807) is 38.2 Å². The lowest BCUT2D eigenvalue weighted by molar-refractivity contribution is 0.100. The SMILES string of the molecule is Cc1ncc(-c2ccc(C(=O)Nc3nc4cc(NCC(=O)c5ccccc5)ccc4n3CCC(C)O)s2)o1. The number of imidazole rings is 1. The minimum Gasteiger partial charge on any atom is -0.440 e. The fraction of sp³-hybridized carbons (Fsp3) is 0.214. The van der Waals surface area contributed by atoms with Gasteiger partial charge in [-0.25, -0.2) is 9.97 Å². The molecule has 1 amide bonds. The molecule has 0 saturated heterocycles. The average molecular weight is 530 g/mol. The number of Topliss-reactive ketones (excluding diaryl/α,β-unsaturated/α-hetero) is 1. The number of benzene rings is 2. The fourth-order valence-electron chi connectivity index (χ4n) is 4.02. The summed E-state index contributed by atoms with van der Waals surface area (Å²) in [5, 5.41) is 16.0. The van der Waals surface area contributed by atoms with Crippen LogP contribution < -0.4 is 10.6 Å². The molecular weight excluding hydrogens is 502 g/mol. The highest BCUT2D eigenvalue weighted by molar-refractivity contribution is 7.17. The van der Waals surface area contributed by atoms with Gasteiger partial charge in [-0.05, 0) is 43.7 Å². The van der Waals surface area contributed by atoms with E-state index in [9.17, 15) is 14.7 Å². The second-order valence-corrected chi connectivity index (χ2v) is 10.0. The Labute approximate surface area is 223 Å². The van der Waals surface area contributed by atoms with E-state index in [1.807, 2.05) is 47.0 Å². The van der Waals surface area contributed by atoms with Crippen LogP contribution in [0.25, 0.3) is 21.7 Å². The highest BCUT2D eigenvalue weighted by Gasteiger charge is 2.18. The van der Waals surface area contributed by atoms with Gasteiger partial charge in [-0.3, -0.25) is 14.9 Å². The molecule has 0 aliphatic heterocycles. The van der Waals surface area contributed by atoms with Gasteiger partial charge < -0.3 is 19.4 Å². The van der Waals surface area contributed by atoms with Crippen LogP contribution in [0, 0.1) is 6.92 Å². The summed E-state index contributed by atoms with van der Waals surface area (Å²) in [5.74, 6) is 1.24. The first-order valence-corrected chi connectivity index (χ1v) is 13.0. The summed E-state index contributed by atoms with van der Waals surface area (Å²) < 4.78 is 7.45. The van der Waals surface area contributed by atoms with Gasteiger partial charge in [0.15, 0.2) is 17.4 Å². The van der Waals surface area contributed by atoms with Gasteiger partial charge in [-0.2, -0.15) is 0 Å². The van der Waals surface area contributed by atoms with Crippen molar-refractivity contribution in [1.29, 1.82) is 0 Å². The number of hydrogen-bond acceptors (Lipinski definition) is 8. The van der Waals surface area contributed by atoms with Crippen molar-refractivity contribution in [2.75, 3.05) is 17.2 Å². The molecule has 0 bridgehead atoms. The number of thiophene rings is 1. The molecule has 0 saturated carbocycles. The highest BCUT2D eigenvalue weighted by Crippen LogP contribution is 2.30. The standard InChI is InChI=1S/C28H27N5O4S/c1-17(34)12-13-33-22-9-8-20(30-15-23(35)19-6-4-3-5-7-19)14-21(22)31-28(33)32-27(36)26-11-10-25(38-26)24-16-29-18(2)37-24/h3-11,14,16-17,30,34H,12-13,15H2,1-2H3,(H,31,32,36). The van der Waals surface area contributed by atoms with Gasteiger partial charge in [0.2, 0.25) is 5.95 Å². The molecule has 5 rings (SSSR count). The fourth-order valence-corrected chi connectivity index (χ4v) is 4.86. The molecule has 3 aromatic heterocycles. The molecule has 0 radical (unpaired) electrons. The zero-order valence-corrected chi connectivity index (χ0v) is 21.8. The summed E-state index contributed by atoms with van der Waals surface area (Å²) in [6.45, 7) is 4.11. The first-order valence-electron chi connectivity index (χ1n) is 12.2. The second-order valence-electron chi connectivity index (χ2n) is 8.93.